The van der Waals surface area contributed by atoms with Crippen molar-refractivity contribution in [2.45, 2.75) is 19.9 Å². The number of aromatic nitrogens is 2. The van der Waals surface area contributed by atoms with Crippen LogP contribution in [0.4, 0.5) is 5.69 Å². The molecule has 2 aromatic heterocycles. The molecular weight excluding hydrogens is 274 g/mol. The quantitative estimate of drug-likeness (QED) is 0.917. The summed E-state index contributed by atoms with van der Waals surface area (Å²) in [4.78, 5) is 1.10. The van der Waals surface area contributed by atoms with Crippen molar-refractivity contribution in [2.24, 2.45) is 0 Å². The van der Waals surface area contributed by atoms with Crippen LogP contribution >= 0.6 is 27.3 Å². The second kappa shape index (κ2) is 3.98. The van der Waals surface area contributed by atoms with Gasteiger partial charge in [0.2, 0.25) is 0 Å². The van der Waals surface area contributed by atoms with Crippen molar-refractivity contribution in [2.75, 3.05) is 5.73 Å². The number of halogens is 1. The van der Waals surface area contributed by atoms with E-state index in [2.05, 4.69) is 34.9 Å². The van der Waals surface area contributed by atoms with Crippen molar-refractivity contribution in [3.8, 4) is 10.6 Å². The van der Waals surface area contributed by atoms with E-state index in [1.807, 2.05) is 22.3 Å². The van der Waals surface area contributed by atoms with Crippen molar-refractivity contribution < 1.29 is 0 Å². The molecule has 0 radical (unpaired) electrons. The monoisotopic (exact) mass is 285 g/mol. The van der Waals surface area contributed by atoms with Gasteiger partial charge in [0.05, 0.1) is 10.6 Å². The summed E-state index contributed by atoms with van der Waals surface area (Å²) in [6.45, 7) is 4.17. The molecular formula is C10H12BrN3S. The van der Waals surface area contributed by atoms with Gasteiger partial charge < -0.3 is 5.73 Å². The van der Waals surface area contributed by atoms with Gasteiger partial charge in [-0.3, -0.25) is 4.68 Å². The van der Waals surface area contributed by atoms with Gasteiger partial charge in [-0.2, -0.15) is 5.10 Å². The van der Waals surface area contributed by atoms with Gasteiger partial charge in [0.15, 0.2) is 0 Å². The van der Waals surface area contributed by atoms with Crippen molar-refractivity contribution in [1.29, 1.82) is 0 Å². The summed E-state index contributed by atoms with van der Waals surface area (Å²) < 4.78 is 2.96. The lowest BCUT2D eigenvalue weighted by atomic mass is 10.3. The number of nitrogens with zero attached hydrogens (tertiary/aromatic N) is 2. The molecule has 0 aliphatic carbocycles. The molecule has 80 valence electrons. The van der Waals surface area contributed by atoms with Gasteiger partial charge in [-0.25, -0.2) is 0 Å². The minimum absolute atomic E-state index is 0.337. The molecule has 2 rings (SSSR count). The molecule has 2 aromatic rings. The van der Waals surface area contributed by atoms with E-state index in [4.69, 9.17) is 5.73 Å². The predicted octanol–water partition coefficient (Wildman–Crippen LogP) is 3.54. The van der Waals surface area contributed by atoms with Crippen molar-refractivity contribution in [3.05, 3.63) is 22.1 Å². The Morgan fingerprint density at radius 2 is 2.27 bits per heavy atom. The number of hydrogen-bond donors (Lipinski definition) is 1. The smallest absolute Gasteiger partial charge is 0.125 e. The fourth-order valence-electron chi connectivity index (χ4n) is 1.30. The summed E-state index contributed by atoms with van der Waals surface area (Å²) in [5.74, 6) is 0. The molecule has 0 fully saturated rings. The highest BCUT2D eigenvalue weighted by Crippen LogP contribution is 2.32. The Hall–Kier alpha value is -0.810. The summed E-state index contributed by atoms with van der Waals surface area (Å²) in [5, 5.41) is 6.51. The molecule has 2 heterocycles. The first-order valence-electron chi connectivity index (χ1n) is 4.67. The second-order valence-corrected chi connectivity index (χ2v) is 5.46. The molecule has 0 saturated heterocycles. The lowest BCUT2D eigenvalue weighted by Gasteiger charge is -2.02. The molecule has 0 bridgehead atoms. The molecule has 2 N–H and O–H groups in total. The third-order valence-electron chi connectivity index (χ3n) is 2.09. The van der Waals surface area contributed by atoms with Gasteiger partial charge in [0.1, 0.15) is 5.69 Å². The Kier molecular flexibility index (Phi) is 2.84. The Labute approximate surface area is 101 Å². The molecule has 0 amide bonds. The number of nitrogen functional groups attached to an aromatic ring is 1. The van der Waals surface area contributed by atoms with Gasteiger partial charge in [0.25, 0.3) is 0 Å². The summed E-state index contributed by atoms with van der Waals surface area (Å²) in [6, 6.07) is 2.37. The first-order chi connectivity index (χ1) is 7.08. The SMILES string of the molecule is CC(C)n1cc(N)c(-c2cc(Br)cs2)n1. The molecule has 0 unspecified atom stereocenters. The van der Waals surface area contributed by atoms with Gasteiger partial charge in [-0.05, 0) is 35.8 Å². The summed E-state index contributed by atoms with van der Waals surface area (Å²) in [5.41, 5.74) is 7.54. The van der Waals surface area contributed by atoms with E-state index in [0.717, 1.165) is 20.7 Å². The number of thiophene rings is 1. The largest absolute Gasteiger partial charge is 0.396 e. The van der Waals surface area contributed by atoms with Crippen LogP contribution in [-0.2, 0) is 0 Å². The van der Waals surface area contributed by atoms with Crippen LogP contribution in [0.25, 0.3) is 10.6 Å². The fraction of sp³-hybridized carbons (Fsp3) is 0.300. The van der Waals surface area contributed by atoms with Crippen molar-refractivity contribution >= 4 is 33.0 Å². The maximum absolute atomic E-state index is 5.93. The first-order valence-corrected chi connectivity index (χ1v) is 6.34. The molecule has 0 aromatic carbocycles. The molecule has 0 aliphatic rings. The molecule has 0 spiro atoms. The van der Waals surface area contributed by atoms with Gasteiger partial charge in [-0.1, -0.05) is 0 Å². The van der Waals surface area contributed by atoms with E-state index in [1.54, 1.807) is 11.3 Å². The number of rotatable bonds is 2. The minimum atomic E-state index is 0.337. The van der Waals surface area contributed by atoms with E-state index in [9.17, 15) is 0 Å². The lowest BCUT2D eigenvalue weighted by Crippen LogP contribution is -2.00. The number of hydrogen-bond acceptors (Lipinski definition) is 3. The minimum Gasteiger partial charge on any atom is -0.396 e. The van der Waals surface area contributed by atoms with Crippen LogP contribution in [0, 0.1) is 0 Å². The fourth-order valence-corrected chi connectivity index (χ4v) is 2.73. The molecule has 0 saturated carbocycles. The van der Waals surface area contributed by atoms with Crippen LogP contribution in [0.1, 0.15) is 19.9 Å². The van der Waals surface area contributed by atoms with Gasteiger partial charge in [0, 0.05) is 22.1 Å². The average molecular weight is 286 g/mol. The highest BCUT2D eigenvalue weighted by atomic mass is 79.9. The molecule has 0 atom stereocenters. The molecule has 15 heavy (non-hydrogen) atoms. The van der Waals surface area contributed by atoms with Crippen LogP contribution in [-0.4, -0.2) is 9.78 Å². The Morgan fingerprint density at radius 1 is 1.53 bits per heavy atom. The Balaban J connectivity index is 2.44. The van der Waals surface area contributed by atoms with E-state index in [0.29, 0.717) is 6.04 Å². The summed E-state index contributed by atoms with van der Waals surface area (Å²) >= 11 is 5.06. The highest BCUT2D eigenvalue weighted by Gasteiger charge is 2.11. The van der Waals surface area contributed by atoms with Gasteiger partial charge in [-0.15, -0.1) is 11.3 Å². The lowest BCUT2D eigenvalue weighted by molar-refractivity contribution is 0.534. The summed E-state index contributed by atoms with van der Waals surface area (Å²) in [7, 11) is 0. The number of anilines is 1. The Morgan fingerprint density at radius 3 is 2.73 bits per heavy atom. The second-order valence-electron chi connectivity index (χ2n) is 3.64. The van der Waals surface area contributed by atoms with Crippen LogP contribution in [0.5, 0.6) is 0 Å². The van der Waals surface area contributed by atoms with Gasteiger partial charge >= 0.3 is 0 Å². The standard InChI is InChI=1S/C10H12BrN3S/c1-6(2)14-4-8(12)10(13-14)9-3-7(11)5-15-9/h3-6H,12H2,1-2H3. The van der Waals surface area contributed by atoms with E-state index in [-0.39, 0.29) is 0 Å². The van der Waals surface area contributed by atoms with Crippen LogP contribution < -0.4 is 5.73 Å². The predicted molar refractivity (Wildman–Crippen MR) is 68.0 cm³/mol. The van der Waals surface area contributed by atoms with E-state index < -0.39 is 0 Å². The third kappa shape index (κ3) is 2.08. The summed E-state index contributed by atoms with van der Waals surface area (Å²) in [6.07, 6.45) is 1.88. The van der Waals surface area contributed by atoms with Crippen LogP contribution in [0.3, 0.4) is 0 Å². The van der Waals surface area contributed by atoms with E-state index in [1.165, 1.54) is 0 Å². The Bertz CT molecular complexity index is 473. The first kappa shape index (κ1) is 10.7. The zero-order valence-electron chi connectivity index (χ0n) is 8.57. The average Bonchev–Trinajstić information content (AvgIpc) is 2.71. The van der Waals surface area contributed by atoms with Crippen LogP contribution in [0.15, 0.2) is 22.1 Å². The maximum atomic E-state index is 5.93. The van der Waals surface area contributed by atoms with Crippen molar-refractivity contribution in [1.82, 2.24) is 9.78 Å². The zero-order chi connectivity index (χ0) is 11.0. The van der Waals surface area contributed by atoms with E-state index >= 15 is 0 Å². The molecule has 3 nitrogen and oxygen atoms in total. The number of nitrogens with two attached hydrogens (primary N) is 1. The van der Waals surface area contributed by atoms with Crippen molar-refractivity contribution in [3.63, 3.8) is 0 Å². The maximum Gasteiger partial charge on any atom is 0.125 e. The van der Waals surface area contributed by atoms with Crippen LogP contribution in [0.2, 0.25) is 0 Å². The zero-order valence-corrected chi connectivity index (χ0v) is 11.0. The normalized spacial score (nSPS) is 11.2. The third-order valence-corrected chi connectivity index (χ3v) is 3.79. The highest BCUT2D eigenvalue weighted by molar-refractivity contribution is 9.10. The topological polar surface area (TPSA) is 43.8 Å². The molecule has 0 aliphatic heterocycles. The molecule has 5 heteroatoms.